The van der Waals surface area contributed by atoms with E-state index in [1.165, 1.54) is 23.4 Å². The van der Waals surface area contributed by atoms with Crippen LogP contribution in [-0.4, -0.2) is 36.9 Å². The van der Waals surface area contributed by atoms with E-state index in [-0.39, 0.29) is 23.6 Å². The predicted octanol–water partition coefficient (Wildman–Crippen LogP) is 1.02. The Morgan fingerprint density at radius 1 is 1.16 bits per heavy atom. The molecule has 0 spiro atoms. The number of carbonyl (C=O) groups excluding carboxylic acids is 1. The minimum absolute atomic E-state index is 0.245. The van der Waals surface area contributed by atoms with Crippen molar-refractivity contribution in [2.24, 2.45) is 14.1 Å². The number of ether oxygens (including phenoxy) is 1. The summed E-state index contributed by atoms with van der Waals surface area (Å²) in [5.74, 6) is 0.165. The van der Waals surface area contributed by atoms with E-state index in [1.807, 2.05) is 13.8 Å². The van der Waals surface area contributed by atoms with Crippen LogP contribution < -0.4 is 11.2 Å². The molecule has 2 heterocycles. The van der Waals surface area contributed by atoms with E-state index in [0.29, 0.717) is 23.7 Å². The van der Waals surface area contributed by atoms with Gasteiger partial charge >= 0.3 is 11.7 Å². The van der Waals surface area contributed by atoms with E-state index >= 15 is 0 Å². The van der Waals surface area contributed by atoms with Crippen molar-refractivity contribution in [1.29, 1.82) is 0 Å². The van der Waals surface area contributed by atoms with Gasteiger partial charge in [-0.3, -0.25) is 18.7 Å². The van der Waals surface area contributed by atoms with Crippen molar-refractivity contribution in [2.45, 2.75) is 43.9 Å². The lowest BCUT2D eigenvalue weighted by Crippen LogP contribution is -2.38. The second-order valence-electron chi connectivity index (χ2n) is 5.47. The zero-order valence-electron chi connectivity index (χ0n) is 15.0. The summed E-state index contributed by atoms with van der Waals surface area (Å²) < 4.78 is 7.44. The van der Waals surface area contributed by atoms with Crippen molar-refractivity contribution in [1.82, 2.24) is 19.1 Å². The molecule has 0 unspecified atom stereocenters. The number of hydrogen-bond acceptors (Lipinski definition) is 7. The van der Waals surface area contributed by atoms with Crippen molar-refractivity contribution >= 4 is 28.8 Å². The molecule has 2 rings (SSSR count). The lowest BCUT2D eigenvalue weighted by molar-refractivity contribution is -0.142. The van der Waals surface area contributed by atoms with Crippen LogP contribution in [0.1, 0.15) is 33.0 Å². The van der Waals surface area contributed by atoms with Crippen LogP contribution in [-0.2, 0) is 30.0 Å². The molecule has 0 aliphatic rings. The number of esters is 1. The standard InChI is InChI=1S/C16H22N4O4S/c1-6-9(15(22)24-8-3)25-13-11-12(17-10(7-2)18-13)19(4)16(23)20(5)14(11)21/h9H,6-8H2,1-5H3/t9-/m1/s1. The fraction of sp³-hybridized carbons (Fsp3) is 0.562. The van der Waals surface area contributed by atoms with Gasteiger partial charge in [0.2, 0.25) is 0 Å². The van der Waals surface area contributed by atoms with Crippen LogP contribution in [0.4, 0.5) is 0 Å². The number of rotatable bonds is 6. The van der Waals surface area contributed by atoms with E-state index in [0.717, 1.165) is 4.57 Å². The van der Waals surface area contributed by atoms with Gasteiger partial charge in [-0.1, -0.05) is 25.6 Å². The zero-order chi connectivity index (χ0) is 18.7. The highest BCUT2D eigenvalue weighted by atomic mass is 32.2. The highest BCUT2D eigenvalue weighted by Gasteiger charge is 2.24. The first-order valence-electron chi connectivity index (χ1n) is 8.15. The van der Waals surface area contributed by atoms with Crippen LogP contribution in [0.5, 0.6) is 0 Å². The molecule has 0 aliphatic heterocycles. The van der Waals surface area contributed by atoms with Crippen molar-refractivity contribution in [3.05, 3.63) is 26.7 Å². The second-order valence-corrected chi connectivity index (χ2v) is 6.66. The molecule has 2 aromatic heterocycles. The maximum atomic E-state index is 12.6. The lowest BCUT2D eigenvalue weighted by Gasteiger charge is -2.15. The van der Waals surface area contributed by atoms with Gasteiger partial charge in [-0.25, -0.2) is 14.8 Å². The molecule has 0 amide bonds. The van der Waals surface area contributed by atoms with Gasteiger partial charge in [0.05, 0.1) is 6.61 Å². The molecule has 9 heteroatoms. The Labute approximate surface area is 149 Å². The van der Waals surface area contributed by atoms with Crippen molar-refractivity contribution in [3.8, 4) is 0 Å². The minimum Gasteiger partial charge on any atom is -0.465 e. The summed E-state index contributed by atoms with van der Waals surface area (Å²) in [5, 5.41) is 0.164. The zero-order valence-corrected chi connectivity index (χ0v) is 15.8. The summed E-state index contributed by atoms with van der Waals surface area (Å²) in [6.45, 7) is 5.79. The molecule has 0 radical (unpaired) electrons. The molecule has 0 bridgehead atoms. The Hall–Kier alpha value is -2.16. The molecule has 2 aromatic rings. The fourth-order valence-corrected chi connectivity index (χ4v) is 3.44. The van der Waals surface area contributed by atoms with E-state index in [9.17, 15) is 14.4 Å². The highest BCUT2D eigenvalue weighted by Crippen LogP contribution is 2.28. The van der Waals surface area contributed by atoms with Gasteiger partial charge in [0.15, 0.2) is 5.65 Å². The summed E-state index contributed by atoms with van der Waals surface area (Å²) in [7, 11) is 2.97. The first-order valence-corrected chi connectivity index (χ1v) is 9.03. The van der Waals surface area contributed by atoms with Gasteiger partial charge in [-0.2, -0.15) is 0 Å². The predicted molar refractivity (Wildman–Crippen MR) is 96.0 cm³/mol. The van der Waals surface area contributed by atoms with Gasteiger partial charge < -0.3 is 4.74 Å². The maximum Gasteiger partial charge on any atom is 0.332 e. The molecule has 0 aromatic carbocycles. The van der Waals surface area contributed by atoms with Crippen LogP contribution in [0.2, 0.25) is 0 Å². The molecule has 25 heavy (non-hydrogen) atoms. The average Bonchev–Trinajstić information content (AvgIpc) is 2.61. The van der Waals surface area contributed by atoms with Gasteiger partial charge in [0.25, 0.3) is 5.56 Å². The average molecular weight is 366 g/mol. The first-order chi connectivity index (χ1) is 11.8. The molecule has 136 valence electrons. The molecule has 0 saturated carbocycles. The summed E-state index contributed by atoms with van der Waals surface area (Å²) in [6.07, 6.45) is 1.08. The number of thioether (sulfide) groups is 1. The fourth-order valence-electron chi connectivity index (χ4n) is 2.38. The highest BCUT2D eigenvalue weighted by molar-refractivity contribution is 8.00. The maximum absolute atomic E-state index is 12.6. The van der Waals surface area contributed by atoms with Crippen LogP contribution in [0.25, 0.3) is 11.0 Å². The molecular formula is C16H22N4O4S. The Morgan fingerprint density at radius 3 is 2.40 bits per heavy atom. The summed E-state index contributed by atoms with van der Waals surface area (Å²) in [6, 6.07) is 0. The molecule has 8 nitrogen and oxygen atoms in total. The molecule has 0 fully saturated rings. The largest absolute Gasteiger partial charge is 0.465 e. The number of carbonyl (C=O) groups is 1. The number of aromatic nitrogens is 4. The summed E-state index contributed by atoms with van der Waals surface area (Å²) in [5.41, 5.74) is -0.644. The third-order valence-corrected chi connectivity index (χ3v) is 5.13. The van der Waals surface area contributed by atoms with E-state index in [4.69, 9.17) is 4.74 Å². The second kappa shape index (κ2) is 7.81. The van der Waals surface area contributed by atoms with Crippen LogP contribution in [0.15, 0.2) is 14.6 Å². The smallest absolute Gasteiger partial charge is 0.332 e. The summed E-state index contributed by atoms with van der Waals surface area (Å²) >= 11 is 1.18. The van der Waals surface area contributed by atoms with Crippen molar-refractivity contribution in [3.63, 3.8) is 0 Å². The van der Waals surface area contributed by atoms with Gasteiger partial charge in [-0.05, 0) is 13.3 Å². The molecule has 0 aliphatic carbocycles. The first kappa shape index (κ1) is 19.2. The Balaban J connectivity index is 2.72. The monoisotopic (exact) mass is 366 g/mol. The van der Waals surface area contributed by atoms with E-state index < -0.39 is 16.5 Å². The number of nitrogens with zero attached hydrogens (tertiary/aromatic N) is 4. The number of hydrogen-bond donors (Lipinski definition) is 0. The Bertz CT molecular complexity index is 919. The number of fused-ring (bicyclic) bond motifs is 1. The SMILES string of the molecule is CCOC(=O)[C@@H](CC)Sc1nc(CC)nc2c1c(=O)n(C)c(=O)n2C. The van der Waals surface area contributed by atoms with E-state index in [2.05, 4.69) is 9.97 Å². The van der Waals surface area contributed by atoms with Gasteiger partial charge in [-0.15, -0.1) is 0 Å². The summed E-state index contributed by atoms with van der Waals surface area (Å²) in [4.78, 5) is 45.7. The number of aryl methyl sites for hydroxylation is 2. The molecular weight excluding hydrogens is 344 g/mol. The van der Waals surface area contributed by atoms with Crippen LogP contribution in [0.3, 0.4) is 0 Å². The lowest BCUT2D eigenvalue weighted by atomic mass is 10.3. The van der Waals surface area contributed by atoms with E-state index in [1.54, 1.807) is 14.0 Å². The third-order valence-electron chi connectivity index (χ3n) is 3.80. The van der Waals surface area contributed by atoms with Crippen LogP contribution in [0, 0.1) is 0 Å². The Kier molecular flexibility index (Phi) is 5.99. The van der Waals surface area contributed by atoms with Crippen molar-refractivity contribution in [2.75, 3.05) is 6.61 Å². The normalized spacial score (nSPS) is 12.4. The van der Waals surface area contributed by atoms with Gasteiger partial charge in [0.1, 0.15) is 21.5 Å². The molecule has 0 N–H and O–H groups in total. The molecule has 0 saturated heterocycles. The minimum atomic E-state index is -0.482. The third kappa shape index (κ3) is 3.60. The molecule has 1 atom stereocenters. The van der Waals surface area contributed by atoms with Gasteiger partial charge in [0, 0.05) is 20.5 Å². The topological polar surface area (TPSA) is 96.1 Å². The van der Waals surface area contributed by atoms with Crippen molar-refractivity contribution < 1.29 is 9.53 Å². The van der Waals surface area contributed by atoms with Crippen LogP contribution >= 0.6 is 11.8 Å². The Morgan fingerprint density at radius 2 is 1.84 bits per heavy atom. The quantitative estimate of drug-likeness (QED) is 0.428.